The Morgan fingerprint density at radius 3 is 2.52 bits per heavy atom. The molecule has 0 bridgehead atoms. The fraction of sp³-hybridized carbons (Fsp3) is 0.273. The molecule has 31 heavy (non-hydrogen) atoms. The average molecular weight is 444 g/mol. The summed E-state index contributed by atoms with van der Waals surface area (Å²) >= 11 is 5.99. The number of carbonyl (C=O) groups excluding carboxylic acids is 4. The first-order valence-electron chi connectivity index (χ1n) is 9.72. The third-order valence-corrected chi connectivity index (χ3v) is 5.17. The van der Waals surface area contributed by atoms with Crippen LogP contribution in [0.5, 0.6) is 0 Å². The van der Waals surface area contributed by atoms with Gasteiger partial charge < -0.3 is 10.1 Å². The minimum Gasteiger partial charge on any atom is -0.455 e. The fourth-order valence-electron chi connectivity index (χ4n) is 3.16. The molecule has 3 rings (SSSR count). The third kappa shape index (κ3) is 5.82. The van der Waals surface area contributed by atoms with E-state index in [1.54, 1.807) is 18.2 Å². The predicted octanol–water partition coefficient (Wildman–Crippen LogP) is 2.25. The summed E-state index contributed by atoms with van der Waals surface area (Å²) < 4.78 is 5.07. The highest BCUT2D eigenvalue weighted by molar-refractivity contribution is 6.33. The molecule has 1 fully saturated rings. The van der Waals surface area contributed by atoms with Gasteiger partial charge in [-0.05, 0) is 24.6 Å². The number of ether oxygens (including phenoxy) is 1. The van der Waals surface area contributed by atoms with Crippen LogP contribution in [-0.2, 0) is 19.1 Å². The van der Waals surface area contributed by atoms with Gasteiger partial charge in [-0.1, -0.05) is 54.1 Å². The number of rotatable bonds is 7. The molecule has 0 aromatic heterocycles. The SMILES string of the molecule is C[C@@H](NC(=O)COC(=O)[C@@H]1CC(=O)N(NC(=O)c2ccccc2Cl)C1)c1ccccc1. The summed E-state index contributed by atoms with van der Waals surface area (Å²) in [4.78, 5) is 48.9. The predicted molar refractivity (Wildman–Crippen MR) is 113 cm³/mol. The number of benzene rings is 2. The monoisotopic (exact) mass is 443 g/mol. The van der Waals surface area contributed by atoms with E-state index >= 15 is 0 Å². The molecular weight excluding hydrogens is 422 g/mol. The Morgan fingerprint density at radius 1 is 1.13 bits per heavy atom. The van der Waals surface area contributed by atoms with Crippen molar-refractivity contribution in [3.63, 3.8) is 0 Å². The second-order valence-electron chi connectivity index (χ2n) is 7.13. The number of hydrogen-bond donors (Lipinski definition) is 2. The molecule has 1 heterocycles. The van der Waals surface area contributed by atoms with Crippen molar-refractivity contribution in [2.24, 2.45) is 5.92 Å². The molecule has 2 atom stereocenters. The van der Waals surface area contributed by atoms with Crippen LogP contribution in [0.3, 0.4) is 0 Å². The Hall–Kier alpha value is -3.39. The lowest BCUT2D eigenvalue weighted by Gasteiger charge is -2.18. The van der Waals surface area contributed by atoms with Gasteiger partial charge in [0.25, 0.3) is 11.8 Å². The van der Waals surface area contributed by atoms with Crippen LogP contribution in [0.1, 0.15) is 35.3 Å². The zero-order valence-electron chi connectivity index (χ0n) is 16.8. The average Bonchev–Trinajstić information content (AvgIpc) is 3.13. The topological polar surface area (TPSA) is 105 Å². The largest absolute Gasteiger partial charge is 0.455 e. The lowest BCUT2D eigenvalue weighted by molar-refractivity contribution is -0.152. The van der Waals surface area contributed by atoms with Crippen molar-refractivity contribution in [3.8, 4) is 0 Å². The van der Waals surface area contributed by atoms with Crippen LogP contribution in [0.4, 0.5) is 0 Å². The first kappa shape index (κ1) is 22.3. The second kappa shape index (κ2) is 10.1. The van der Waals surface area contributed by atoms with Crippen LogP contribution in [0, 0.1) is 5.92 Å². The maximum Gasteiger partial charge on any atom is 0.311 e. The summed E-state index contributed by atoms with van der Waals surface area (Å²) in [6, 6.07) is 15.6. The number of amides is 3. The van der Waals surface area contributed by atoms with Crippen LogP contribution in [-0.4, -0.2) is 41.9 Å². The van der Waals surface area contributed by atoms with E-state index in [1.165, 1.54) is 6.07 Å². The number of hydrogen-bond acceptors (Lipinski definition) is 5. The number of hydrazine groups is 1. The maximum absolute atomic E-state index is 12.3. The zero-order valence-corrected chi connectivity index (χ0v) is 17.6. The standard InChI is InChI=1S/C22H22ClN3O5/c1-14(15-7-3-2-4-8-15)24-19(27)13-31-22(30)16-11-20(28)26(12-16)25-21(29)17-9-5-6-10-18(17)23/h2-10,14,16H,11-13H2,1H3,(H,24,27)(H,25,29)/t14-,16-/m1/s1. The summed E-state index contributed by atoms with van der Waals surface area (Å²) in [5, 5.41) is 4.06. The van der Waals surface area contributed by atoms with E-state index in [0.29, 0.717) is 0 Å². The summed E-state index contributed by atoms with van der Waals surface area (Å²) in [6.07, 6.45) is -0.121. The molecule has 0 aliphatic carbocycles. The van der Waals surface area contributed by atoms with Gasteiger partial charge in [0.2, 0.25) is 5.91 Å². The highest BCUT2D eigenvalue weighted by Crippen LogP contribution is 2.19. The Bertz CT molecular complexity index is 982. The van der Waals surface area contributed by atoms with Crippen LogP contribution >= 0.6 is 11.6 Å². The minimum atomic E-state index is -0.779. The number of halogens is 1. The van der Waals surface area contributed by atoms with E-state index in [4.69, 9.17) is 16.3 Å². The van der Waals surface area contributed by atoms with Gasteiger partial charge in [0, 0.05) is 6.42 Å². The van der Waals surface area contributed by atoms with Gasteiger partial charge in [-0.25, -0.2) is 0 Å². The third-order valence-electron chi connectivity index (χ3n) is 4.84. The van der Waals surface area contributed by atoms with Crippen molar-refractivity contribution < 1.29 is 23.9 Å². The van der Waals surface area contributed by atoms with Crippen molar-refractivity contribution in [2.45, 2.75) is 19.4 Å². The maximum atomic E-state index is 12.3. The summed E-state index contributed by atoms with van der Waals surface area (Å²) in [5.74, 6) is -2.88. The van der Waals surface area contributed by atoms with Crippen molar-refractivity contribution in [3.05, 3.63) is 70.7 Å². The highest BCUT2D eigenvalue weighted by Gasteiger charge is 2.37. The van der Waals surface area contributed by atoms with E-state index in [9.17, 15) is 19.2 Å². The summed E-state index contributed by atoms with van der Waals surface area (Å²) in [7, 11) is 0. The summed E-state index contributed by atoms with van der Waals surface area (Å²) in [6.45, 7) is 1.33. The molecule has 2 aromatic rings. The van der Waals surface area contributed by atoms with Crippen LogP contribution in [0.2, 0.25) is 5.02 Å². The quantitative estimate of drug-likeness (QED) is 0.638. The fourth-order valence-corrected chi connectivity index (χ4v) is 3.39. The van der Waals surface area contributed by atoms with Crippen molar-refractivity contribution >= 4 is 35.3 Å². The molecule has 9 heteroatoms. The molecule has 1 aliphatic rings. The molecule has 162 valence electrons. The molecule has 1 saturated heterocycles. The lowest BCUT2D eigenvalue weighted by Crippen LogP contribution is -2.43. The highest BCUT2D eigenvalue weighted by atomic mass is 35.5. The Labute approximate surface area is 184 Å². The molecule has 8 nitrogen and oxygen atoms in total. The van der Waals surface area contributed by atoms with Gasteiger partial charge in [0.15, 0.2) is 6.61 Å². The van der Waals surface area contributed by atoms with Gasteiger partial charge in [0.05, 0.1) is 29.1 Å². The molecular formula is C22H22ClN3O5. The molecule has 0 radical (unpaired) electrons. The second-order valence-corrected chi connectivity index (χ2v) is 7.54. The molecule has 0 saturated carbocycles. The molecule has 1 aliphatic heterocycles. The number of esters is 1. The zero-order chi connectivity index (χ0) is 22.4. The Kier molecular flexibility index (Phi) is 7.25. The number of carbonyl (C=O) groups is 4. The van der Waals surface area contributed by atoms with Gasteiger partial charge in [-0.15, -0.1) is 0 Å². The Morgan fingerprint density at radius 2 is 1.81 bits per heavy atom. The first-order chi connectivity index (χ1) is 14.8. The van der Waals surface area contributed by atoms with Crippen LogP contribution in [0.15, 0.2) is 54.6 Å². The minimum absolute atomic E-state index is 0.0457. The van der Waals surface area contributed by atoms with E-state index in [1.807, 2.05) is 37.3 Å². The van der Waals surface area contributed by atoms with Gasteiger partial charge in [-0.2, -0.15) is 0 Å². The summed E-state index contributed by atoms with van der Waals surface area (Å²) in [5.41, 5.74) is 3.59. The van der Waals surface area contributed by atoms with Gasteiger partial charge in [0.1, 0.15) is 0 Å². The molecule has 2 N–H and O–H groups in total. The Balaban J connectivity index is 1.47. The van der Waals surface area contributed by atoms with Crippen LogP contribution < -0.4 is 10.7 Å². The van der Waals surface area contributed by atoms with E-state index in [0.717, 1.165) is 10.6 Å². The first-order valence-corrected chi connectivity index (χ1v) is 10.1. The van der Waals surface area contributed by atoms with Crippen molar-refractivity contribution in [1.29, 1.82) is 0 Å². The van der Waals surface area contributed by atoms with E-state index < -0.39 is 36.2 Å². The number of nitrogens with one attached hydrogen (secondary N) is 2. The molecule has 3 amide bonds. The van der Waals surface area contributed by atoms with Crippen molar-refractivity contribution in [1.82, 2.24) is 15.8 Å². The van der Waals surface area contributed by atoms with E-state index in [2.05, 4.69) is 10.7 Å². The number of nitrogens with zero attached hydrogens (tertiary/aromatic N) is 1. The normalized spacial score (nSPS) is 16.5. The molecule has 0 spiro atoms. The van der Waals surface area contributed by atoms with E-state index in [-0.39, 0.29) is 29.6 Å². The van der Waals surface area contributed by atoms with Crippen molar-refractivity contribution in [2.75, 3.05) is 13.2 Å². The smallest absolute Gasteiger partial charge is 0.311 e. The lowest BCUT2D eigenvalue weighted by atomic mass is 10.1. The van der Waals surface area contributed by atoms with Gasteiger partial charge >= 0.3 is 5.97 Å². The van der Waals surface area contributed by atoms with Gasteiger partial charge in [-0.3, -0.25) is 29.6 Å². The molecule has 0 unspecified atom stereocenters. The molecule has 2 aromatic carbocycles. The van der Waals surface area contributed by atoms with Crippen LogP contribution in [0.25, 0.3) is 0 Å².